The maximum Gasteiger partial charge on any atom is 0.136 e. The molecule has 50 heavy (non-hydrogen) atoms. The molecule has 0 radical (unpaired) electrons. The zero-order chi connectivity index (χ0) is 32.8. The van der Waals surface area contributed by atoms with Gasteiger partial charge in [-0.1, -0.05) is 140 Å². The Kier molecular flexibility index (Phi) is 5.82. The fourth-order valence-electron chi connectivity index (χ4n) is 8.86. The van der Waals surface area contributed by atoms with Gasteiger partial charge in [0.25, 0.3) is 0 Å². The van der Waals surface area contributed by atoms with Crippen LogP contribution < -0.4 is 4.90 Å². The maximum absolute atomic E-state index is 6.40. The van der Waals surface area contributed by atoms with Crippen molar-refractivity contribution < 1.29 is 4.42 Å². The van der Waals surface area contributed by atoms with Crippen LogP contribution in [0.25, 0.3) is 71.0 Å². The minimum Gasteiger partial charge on any atom is -0.456 e. The van der Waals surface area contributed by atoms with Gasteiger partial charge in [-0.25, -0.2) is 0 Å². The summed E-state index contributed by atoms with van der Waals surface area (Å²) in [6.07, 6.45) is 7.31. The SMILES string of the molecule is C1=CC2C(C=C1c1c3ccccc3c(-c3ccc4oc5ccc6ccccc6c5c4c3)c3ccccc13)c1ccccc1N2c1ccccc1. The highest BCUT2D eigenvalue weighted by molar-refractivity contribution is 6.22. The monoisotopic (exact) mass is 637 g/mol. The van der Waals surface area contributed by atoms with Crippen LogP contribution >= 0.6 is 0 Å². The van der Waals surface area contributed by atoms with Gasteiger partial charge in [0.2, 0.25) is 0 Å². The van der Waals surface area contributed by atoms with Gasteiger partial charge in [0.05, 0.1) is 6.04 Å². The van der Waals surface area contributed by atoms with Crippen molar-refractivity contribution in [1.29, 1.82) is 0 Å². The number of anilines is 2. The fourth-order valence-corrected chi connectivity index (χ4v) is 8.86. The number of hydrogen-bond donors (Lipinski definition) is 0. The number of nitrogens with zero attached hydrogens (tertiary/aromatic N) is 1. The molecule has 2 aliphatic rings. The van der Waals surface area contributed by atoms with Crippen molar-refractivity contribution in [3.63, 3.8) is 0 Å². The molecule has 2 heterocycles. The van der Waals surface area contributed by atoms with Crippen LogP contribution in [-0.2, 0) is 0 Å². The van der Waals surface area contributed by atoms with Crippen LogP contribution in [-0.4, -0.2) is 6.04 Å². The van der Waals surface area contributed by atoms with E-state index in [0.717, 1.165) is 16.6 Å². The van der Waals surface area contributed by atoms with Crippen molar-refractivity contribution in [1.82, 2.24) is 0 Å². The van der Waals surface area contributed by atoms with E-state index in [1.807, 2.05) is 0 Å². The van der Waals surface area contributed by atoms with Gasteiger partial charge in [0, 0.05) is 28.1 Å². The summed E-state index contributed by atoms with van der Waals surface area (Å²) in [6.45, 7) is 0. The molecule has 2 atom stereocenters. The Bertz CT molecular complexity index is 2830. The fraction of sp³-hybridized carbons (Fsp3) is 0.0417. The molecule has 0 spiro atoms. The van der Waals surface area contributed by atoms with E-state index in [0.29, 0.717) is 0 Å². The third kappa shape index (κ3) is 3.90. The highest BCUT2D eigenvalue weighted by Gasteiger charge is 2.38. The highest BCUT2D eigenvalue weighted by Crippen LogP contribution is 2.51. The van der Waals surface area contributed by atoms with E-state index in [4.69, 9.17) is 4.42 Å². The zero-order valence-corrected chi connectivity index (χ0v) is 27.3. The molecule has 0 amide bonds. The van der Waals surface area contributed by atoms with Gasteiger partial charge in [0.1, 0.15) is 11.2 Å². The van der Waals surface area contributed by atoms with Gasteiger partial charge in [-0.15, -0.1) is 0 Å². The first kappa shape index (κ1) is 27.6. The molecular weight excluding hydrogens is 607 g/mol. The van der Waals surface area contributed by atoms with E-state index in [1.165, 1.54) is 76.9 Å². The predicted octanol–water partition coefficient (Wildman–Crippen LogP) is 13.0. The van der Waals surface area contributed by atoms with Gasteiger partial charge in [0.15, 0.2) is 0 Å². The standard InChI is InChI=1S/C48H31NO/c1-2-13-33(14-3-1)49-42-21-11-10-16-35(42)40-28-31(22-25-43(40)49)46-36-17-6-8-19-38(36)47(39-20-9-7-18-37(39)46)32-24-26-44-41(29-32)48-34-15-5-4-12-30(34)23-27-45(48)50-44/h1-29,40,43H. The quantitative estimate of drug-likeness (QED) is 0.179. The highest BCUT2D eigenvalue weighted by atomic mass is 16.3. The van der Waals surface area contributed by atoms with E-state index in [-0.39, 0.29) is 12.0 Å². The number of para-hydroxylation sites is 2. The molecule has 9 aromatic rings. The second-order valence-electron chi connectivity index (χ2n) is 13.6. The van der Waals surface area contributed by atoms with Crippen LogP contribution in [0.4, 0.5) is 11.4 Å². The molecule has 0 saturated heterocycles. The molecule has 234 valence electrons. The molecule has 2 unspecified atom stereocenters. The summed E-state index contributed by atoms with van der Waals surface area (Å²) in [5, 5.41) is 9.83. The molecule has 8 aromatic carbocycles. The van der Waals surface area contributed by atoms with Crippen molar-refractivity contribution in [2.45, 2.75) is 12.0 Å². The lowest BCUT2D eigenvalue weighted by Crippen LogP contribution is -2.28. The molecule has 2 heteroatoms. The van der Waals surface area contributed by atoms with Gasteiger partial charge < -0.3 is 9.32 Å². The van der Waals surface area contributed by atoms with E-state index < -0.39 is 0 Å². The van der Waals surface area contributed by atoms with E-state index in [2.05, 4.69) is 181 Å². The second-order valence-corrected chi connectivity index (χ2v) is 13.6. The van der Waals surface area contributed by atoms with E-state index in [1.54, 1.807) is 0 Å². The van der Waals surface area contributed by atoms with E-state index in [9.17, 15) is 0 Å². The normalized spacial score (nSPS) is 16.8. The number of furan rings is 1. The lowest BCUT2D eigenvalue weighted by molar-refractivity contribution is 0.669. The summed E-state index contributed by atoms with van der Waals surface area (Å²) < 4.78 is 6.40. The first-order valence-corrected chi connectivity index (χ1v) is 17.4. The maximum atomic E-state index is 6.40. The molecule has 0 bridgehead atoms. The number of hydrogen-bond acceptors (Lipinski definition) is 2. The summed E-state index contributed by atoms with van der Waals surface area (Å²) in [5.74, 6) is 0.246. The first-order chi connectivity index (χ1) is 24.8. The Morgan fingerprint density at radius 1 is 0.500 bits per heavy atom. The Hall–Kier alpha value is -6.38. The molecule has 11 rings (SSSR count). The largest absolute Gasteiger partial charge is 0.456 e. The van der Waals surface area contributed by atoms with Crippen LogP contribution in [0.1, 0.15) is 17.0 Å². The molecular formula is C48H31NO. The molecule has 2 nitrogen and oxygen atoms in total. The van der Waals surface area contributed by atoms with Crippen molar-refractivity contribution >= 4 is 71.2 Å². The Balaban J connectivity index is 1.14. The van der Waals surface area contributed by atoms with Crippen LogP contribution in [0.15, 0.2) is 180 Å². The van der Waals surface area contributed by atoms with Gasteiger partial charge >= 0.3 is 0 Å². The van der Waals surface area contributed by atoms with Gasteiger partial charge in [-0.05, 0) is 96.5 Å². The number of allylic oxidation sites excluding steroid dienone is 2. The molecule has 0 N–H and O–H groups in total. The minimum absolute atomic E-state index is 0.225. The predicted molar refractivity (Wildman–Crippen MR) is 210 cm³/mol. The van der Waals surface area contributed by atoms with Crippen LogP contribution in [0.2, 0.25) is 0 Å². The number of benzene rings is 8. The Morgan fingerprint density at radius 2 is 1.14 bits per heavy atom. The van der Waals surface area contributed by atoms with Gasteiger partial charge in [-0.2, -0.15) is 0 Å². The average Bonchev–Trinajstić information content (AvgIpc) is 3.72. The second kappa shape index (κ2) is 10.6. The summed E-state index contributed by atoms with van der Waals surface area (Å²) in [6, 6.07) is 57.4. The molecule has 0 fully saturated rings. The molecule has 0 saturated carbocycles. The van der Waals surface area contributed by atoms with Gasteiger partial charge in [-0.3, -0.25) is 0 Å². The average molecular weight is 638 g/mol. The summed E-state index contributed by atoms with van der Waals surface area (Å²) >= 11 is 0. The summed E-state index contributed by atoms with van der Waals surface area (Å²) in [5.41, 5.74) is 10.8. The van der Waals surface area contributed by atoms with Crippen molar-refractivity contribution in [2.24, 2.45) is 0 Å². The number of rotatable bonds is 3. The Morgan fingerprint density at radius 3 is 1.92 bits per heavy atom. The lowest BCUT2D eigenvalue weighted by Gasteiger charge is -2.30. The smallest absolute Gasteiger partial charge is 0.136 e. The van der Waals surface area contributed by atoms with Crippen LogP contribution in [0.3, 0.4) is 0 Å². The van der Waals surface area contributed by atoms with Crippen molar-refractivity contribution in [3.8, 4) is 11.1 Å². The van der Waals surface area contributed by atoms with Crippen LogP contribution in [0, 0.1) is 0 Å². The third-order valence-electron chi connectivity index (χ3n) is 11.0. The third-order valence-corrected chi connectivity index (χ3v) is 11.0. The van der Waals surface area contributed by atoms with Crippen molar-refractivity contribution in [2.75, 3.05) is 4.90 Å². The number of fused-ring (bicyclic) bond motifs is 10. The topological polar surface area (TPSA) is 16.4 Å². The minimum atomic E-state index is 0.225. The summed E-state index contributed by atoms with van der Waals surface area (Å²) in [4.78, 5) is 2.50. The molecule has 1 aliphatic heterocycles. The first-order valence-electron chi connectivity index (χ1n) is 17.4. The summed E-state index contributed by atoms with van der Waals surface area (Å²) in [7, 11) is 0. The van der Waals surface area contributed by atoms with E-state index >= 15 is 0 Å². The molecule has 1 aliphatic carbocycles. The van der Waals surface area contributed by atoms with Crippen molar-refractivity contribution in [3.05, 3.63) is 187 Å². The van der Waals surface area contributed by atoms with Crippen LogP contribution in [0.5, 0.6) is 0 Å². The Labute approximate surface area is 289 Å². The zero-order valence-electron chi connectivity index (χ0n) is 27.3. The lowest BCUT2D eigenvalue weighted by atomic mass is 9.81. The molecule has 1 aromatic heterocycles.